The second kappa shape index (κ2) is 6.45. The van der Waals surface area contributed by atoms with Crippen LogP contribution in [-0.2, 0) is 16.0 Å². The average Bonchev–Trinajstić information content (AvgIpc) is 2.93. The SMILES string of the molecule is CC1(N2CCCC2=O)CCC(=O)C(Cc2ccc(Cl)cc2Cl)C1. The maximum Gasteiger partial charge on any atom is 0.223 e. The predicted molar refractivity (Wildman–Crippen MR) is 91.9 cm³/mol. The van der Waals surface area contributed by atoms with E-state index in [2.05, 4.69) is 6.92 Å². The molecule has 1 heterocycles. The molecule has 2 aliphatic rings. The highest BCUT2D eigenvalue weighted by Crippen LogP contribution is 2.39. The van der Waals surface area contributed by atoms with Crippen LogP contribution in [-0.4, -0.2) is 28.7 Å². The first-order valence-corrected chi connectivity index (χ1v) is 8.92. The monoisotopic (exact) mass is 353 g/mol. The van der Waals surface area contributed by atoms with Crippen molar-refractivity contribution in [3.8, 4) is 0 Å². The number of nitrogens with zero attached hydrogens (tertiary/aromatic N) is 1. The average molecular weight is 354 g/mol. The van der Waals surface area contributed by atoms with Crippen LogP contribution < -0.4 is 0 Å². The van der Waals surface area contributed by atoms with E-state index >= 15 is 0 Å². The highest BCUT2D eigenvalue weighted by atomic mass is 35.5. The van der Waals surface area contributed by atoms with E-state index in [0.717, 1.165) is 31.4 Å². The van der Waals surface area contributed by atoms with Crippen LogP contribution in [0.25, 0.3) is 0 Å². The number of hydrogen-bond acceptors (Lipinski definition) is 2. The maximum absolute atomic E-state index is 12.4. The van der Waals surface area contributed by atoms with Crippen molar-refractivity contribution in [1.29, 1.82) is 0 Å². The third kappa shape index (κ3) is 3.41. The molecular formula is C18H21Cl2NO2. The van der Waals surface area contributed by atoms with Gasteiger partial charge in [0, 0.05) is 40.9 Å². The lowest BCUT2D eigenvalue weighted by molar-refractivity contribution is -0.139. The summed E-state index contributed by atoms with van der Waals surface area (Å²) in [5.41, 5.74) is 0.747. The Kier molecular flexibility index (Phi) is 4.70. The van der Waals surface area contributed by atoms with Gasteiger partial charge in [-0.05, 0) is 50.3 Å². The highest BCUT2D eigenvalue weighted by Gasteiger charge is 2.44. The zero-order valence-corrected chi connectivity index (χ0v) is 14.8. The van der Waals surface area contributed by atoms with Crippen LogP contribution in [0.2, 0.25) is 10.0 Å². The molecule has 1 saturated carbocycles. The van der Waals surface area contributed by atoms with Crippen molar-refractivity contribution in [1.82, 2.24) is 4.90 Å². The first kappa shape index (κ1) is 16.8. The van der Waals surface area contributed by atoms with Gasteiger partial charge in [-0.2, -0.15) is 0 Å². The molecule has 1 aliphatic heterocycles. The van der Waals surface area contributed by atoms with Crippen LogP contribution in [0.3, 0.4) is 0 Å². The Morgan fingerprint density at radius 1 is 1.26 bits per heavy atom. The van der Waals surface area contributed by atoms with E-state index in [1.807, 2.05) is 11.0 Å². The summed E-state index contributed by atoms with van der Waals surface area (Å²) < 4.78 is 0. The smallest absolute Gasteiger partial charge is 0.223 e. The number of Topliss-reactive ketones (excluding diaryl/α,β-unsaturated/α-hetero) is 1. The standard InChI is InChI=1S/C18H21Cl2NO2/c1-18(21-8-2-3-17(21)23)7-6-16(22)13(11-18)9-12-4-5-14(19)10-15(12)20/h4-5,10,13H,2-3,6-9,11H2,1H3. The summed E-state index contributed by atoms with van der Waals surface area (Å²) in [5, 5.41) is 1.20. The molecule has 5 heteroatoms. The molecule has 3 nitrogen and oxygen atoms in total. The van der Waals surface area contributed by atoms with Gasteiger partial charge in [0.05, 0.1) is 0 Å². The minimum atomic E-state index is -0.203. The Balaban J connectivity index is 1.78. The molecule has 0 aromatic heterocycles. The zero-order valence-electron chi connectivity index (χ0n) is 13.3. The Morgan fingerprint density at radius 3 is 2.70 bits per heavy atom. The van der Waals surface area contributed by atoms with Gasteiger partial charge in [-0.3, -0.25) is 9.59 Å². The molecule has 1 aromatic rings. The summed E-state index contributed by atoms with van der Waals surface area (Å²) in [4.78, 5) is 26.5. The van der Waals surface area contributed by atoms with E-state index in [4.69, 9.17) is 23.2 Å². The van der Waals surface area contributed by atoms with Crippen molar-refractivity contribution in [2.75, 3.05) is 6.54 Å². The molecule has 23 heavy (non-hydrogen) atoms. The molecule has 1 aliphatic carbocycles. The lowest BCUT2D eigenvalue weighted by Gasteiger charge is -2.44. The molecule has 3 rings (SSSR count). The number of halogens is 2. The number of ketones is 1. The van der Waals surface area contributed by atoms with Crippen molar-refractivity contribution in [3.05, 3.63) is 33.8 Å². The van der Waals surface area contributed by atoms with Crippen LogP contribution in [0.5, 0.6) is 0 Å². The Bertz CT molecular complexity index is 646. The largest absolute Gasteiger partial charge is 0.337 e. The first-order chi connectivity index (χ1) is 10.9. The third-order valence-electron chi connectivity index (χ3n) is 5.26. The fraction of sp³-hybridized carbons (Fsp3) is 0.556. The van der Waals surface area contributed by atoms with E-state index in [1.54, 1.807) is 12.1 Å². The van der Waals surface area contributed by atoms with Crippen LogP contribution >= 0.6 is 23.2 Å². The summed E-state index contributed by atoms with van der Waals surface area (Å²) in [7, 11) is 0. The Labute approximate surface area is 146 Å². The molecule has 124 valence electrons. The van der Waals surface area contributed by atoms with Gasteiger partial charge in [-0.15, -0.1) is 0 Å². The number of rotatable bonds is 3. The van der Waals surface area contributed by atoms with E-state index in [1.165, 1.54) is 0 Å². The second-order valence-corrected chi connectivity index (χ2v) is 7.80. The fourth-order valence-electron chi connectivity index (χ4n) is 3.95. The van der Waals surface area contributed by atoms with Gasteiger partial charge in [0.2, 0.25) is 5.91 Å². The third-order valence-corrected chi connectivity index (χ3v) is 5.84. The number of amides is 1. The molecule has 0 radical (unpaired) electrons. The predicted octanol–water partition coefficient (Wildman–Crippen LogP) is 4.29. The highest BCUT2D eigenvalue weighted by molar-refractivity contribution is 6.35. The van der Waals surface area contributed by atoms with Gasteiger partial charge < -0.3 is 4.90 Å². The number of benzene rings is 1. The van der Waals surface area contributed by atoms with Crippen LogP contribution in [0, 0.1) is 5.92 Å². The molecule has 2 unspecified atom stereocenters. The van der Waals surface area contributed by atoms with Crippen LogP contribution in [0.4, 0.5) is 0 Å². The molecule has 0 N–H and O–H groups in total. The van der Waals surface area contributed by atoms with Crippen LogP contribution in [0.15, 0.2) is 18.2 Å². The normalized spacial score (nSPS) is 28.5. The van der Waals surface area contributed by atoms with Crippen LogP contribution in [0.1, 0.15) is 44.6 Å². The number of likely N-dealkylation sites (tertiary alicyclic amines) is 1. The summed E-state index contributed by atoms with van der Waals surface area (Å²) in [6.45, 7) is 2.94. The van der Waals surface area contributed by atoms with E-state index < -0.39 is 0 Å². The zero-order chi connectivity index (χ0) is 16.6. The first-order valence-electron chi connectivity index (χ1n) is 8.16. The summed E-state index contributed by atoms with van der Waals surface area (Å²) in [6, 6.07) is 5.42. The summed E-state index contributed by atoms with van der Waals surface area (Å²) >= 11 is 12.2. The van der Waals surface area contributed by atoms with Crippen molar-refractivity contribution >= 4 is 34.9 Å². The lowest BCUT2D eigenvalue weighted by Crippen LogP contribution is -2.52. The minimum Gasteiger partial charge on any atom is -0.337 e. The van der Waals surface area contributed by atoms with Crippen molar-refractivity contribution in [2.24, 2.45) is 5.92 Å². The van der Waals surface area contributed by atoms with Gasteiger partial charge >= 0.3 is 0 Å². The summed E-state index contributed by atoms with van der Waals surface area (Å²) in [6.07, 6.45) is 4.20. The molecule has 1 aromatic carbocycles. The topological polar surface area (TPSA) is 37.4 Å². The van der Waals surface area contributed by atoms with Crippen molar-refractivity contribution in [2.45, 2.75) is 51.0 Å². The number of hydrogen-bond donors (Lipinski definition) is 0. The van der Waals surface area contributed by atoms with Crippen molar-refractivity contribution < 1.29 is 9.59 Å². The molecule has 2 atom stereocenters. The van der Waals surface area contributed by atoms with Gasteiger partial charge in [0.15, 0.2) is 0 Å². The lowest BCUT2D eigenvalue weighted by atomic mass is 9.73. The van der Waals surface area contributed by atoms with Gasteiger partial charge in [0.1, 0.15) is 5.78 Å². The second-order valence-electron chi connectivity index (χ2n) is 6.95. The molecule has 0 spiro atoms. The molecular weight excluding hydrogens is 333 g/mol. The van der Waals surface area contributed by atoms with Crippen molar-refractivity contribution in [3.63, 3.8) is 0 Å². The summed E-state index contributed by atoms with van der Waals surface area (Å²) in [5.74, 6) is 0.422. The minimum absolute atomic E-state index is 0.0826. The number of carbonyl (C=O) groups excluding carboxylic acids is 2. The number of carbonyl (C=O) groups is 2. The van der Waals surface area contributed by atoms with Gasteiger partial charge in [-0.25, -0.2) is 0 Å². The Morgan fingerprint density at radius 2 is 2.04 bits per heavy atom. The van der Waals surface area contributed by atoms with Gasteiger partial charge in [0.25, 0.3) is 0 Å². The quantitative estimate of drug-likeness (QED) is 0.812. The molecule has 2 fully saturated rings. The maximum atomic E-state index is 12.4. The molecule has 1 saturated heterocycles. The van der Waals surface area contributed by atoms with E-state index in [9.17, 15) is 9.59 Å². The molecule has 0 bridgehead atoms. The van der Waals surface area contributed by atoms with Gasteiger partial charge in [-0.1, -0.05) is 29.3 Å². The fourth-order valence-corrected chi connectivity index (χ4v) is 4.43. The molecule has 1 amide bonds. The van der Waals surface area contributed by atoms with E-state index in [-0.39, 0.29) is 23.1 Å². The Hall–Kier alpha value is -1.06. The van der Waals surface area contributed by atoms with E-state index in [0.29, 0.717) is 29.3 Å².